The SMILES string of the molecule is COc1cc(C=NN=C2NC(=O)CS2)ccc1OCc1cccc(C)c1C. The fourth-order valence-corrected chi connectivity index (χ4v) is 3.17. The number of rotatable bonds is 6. The number of nitrogens with zero attached hydrogens (tertiary/aromatic N) is 2. The molecule has 1 heterocycles. The number of carbonyl (C=O) groups is 1. The summed E-state index contributed by atoms with van der Waals surface area (Å²) in [6.45, 7) is 4.66. The fraction of sp³-hybridized carbons (Fsp3) is 0.250. The van der Waals surface area contributed by atoms with Crippen molar-refractivity contribution in [2.45, 2.75) is 20.5 Å². The third-order valence-electron chi connectivity index (χ3n) is 4.23. The minimum absolute atomic E-state index is 0.0547. The Hall–Kier alpha value is -2.80. The van der Waals surface area contributed by atoms with Gasteiger partial charge in [0.25, 0.3) is 0 Å². The van der Waals surface area contributed by atoms with Gasteiger partial charge < -0.3 is 14.8 Å². The lowest BCUT2D eigenvalue weighted by atomic mass is 10.0. The lowest BCUT2D eigenvalue weighted by Crippen LogP contribution is -2.19. The van der Waals surface area contributed by atoms with Crippen LogP contribution in [0.1, 0.15) is 22.3 Å². The molecule has 2 aromatic rings. The molecule has 0 aromatic heterocycles. The number of ether oxygens (including phenoxy) is 2. The van der Waals surface area contributed by atoms with Gasteiger partial charge >= 0.3 is 0 Å². The first-order valence-corrected chi connectivity index (χ1v) is 9.45. The van der Waals surface area contributed by atoms with E-state index in [1.165, 1.54) is 22.9 Å². The number of benzene rings is 2. The molecule has 0 bridgehead atoms. The van der Waals surface area contributed by atoms with E-state index in [1.54, 1.807) is 13.3 Å². The topological polar surface area (TPSA) is 72.3 Å². The van der Waals surface area contributed by atoms with Crippen LogP contribution in [0.2, 0.25) is 0 Å². The molecule has 1 aliphatic heterocycles. The molecule has 0 spiro atoms. The number of hydrogen-bond acceptors (Lipinski definition) is 6. The van der Waals surface area contributed by atoms with E-state index in [0.29, 0.717) is 29.0 Å². The van der Waals surface area contributed by atoms with Crippen LogP contribution in [-0.4, -0.2) is 30.2 Å². The van der Waals surface area contributed by atoms with Gasteiger partial charge in [-0.05, 0) is 54.3 Å². The number of hydrogen-bond donors (Lipinski definition) is 1. The predicted octanol–water partition coefficient (Wildman–Crippen LogP) is 3.44. The Kier molecular flexibility index (Phi) is 6.13. The molecule has 6 nitrogen and oxygen atoms in total. The second-order valence-corrected chi connectivity index (χ2v) is 7.01. The van der Waals surface area contributed by atoms with Crippen LogP contribution >= 0.6 is 11.8 Å². The molecule has 0 aliphatic carbocycles. The molecule has 3 rings (SSSR count). The van der Waals surface area contributed by atoms with E-state index in [-0.39, 0.29) is 5.91 Å². The smallest absolute Gasteiger partial charge is 0.236 e. The molecular formula is C20H21N3O3S. The molecule has 1 N–H and O–H groups in total. The Morgan fingerprint density at radius 2 is 2.07 bits per heavy atom. The first-order valence-electron chi connectivity index (χ1n) is 8.46. The minimum Gasteiger partial charge on any atom is -0.493 e. The molecule has 140 valence electrons. The lowest BCUT2D eigenvalue weighted by Gasteiger charge is -2.13. The van der Waals surface area contributed by atoms with Crippen LogP contribution in [0.5, 0.6) is 11.5 Å². The minimum atomic E-state index is -0.0547. The van der Waals surface area contributed by atoms with Crippen molar-refractivity contribution in [2.24, 2.45) is 10.2 Å². The van der Waals surface area contributed by atoms with Gasteiger partial charge in [-0.15, -0.1) is 5.10 Å². The molecule has 7 heteroatoms. The standard InChI is InChI=1S/C20H21N3O3S/c1-13-5-4-6-16(14(13)2)11-26-17-8-7-15(9-18(17)25-3)10-21-23-20-22-19(24)12-27-20/h4-10H,11-12H2,1-3H3,(H,22,23,24). The van der Waals surface area contributed by atoms with E-state index >= 15 is 0 Å². The summed E-state index contributed by atoms with van der Waals surface area (Å²) in [6, 6.07) is 11.8. The van der Waals surface area contributed by atoms with Crippen LogP contribution in [-0.2, 0) is 11.4 Å². The monoisotopic (exact) mass is 383 g/mol. The zero-order valence-corrected chi connectivity index (χ0v) is 16.3. The zero-order valence-electron chi connectivity index (χ0n) is 15.5. The van der Waals surface area contributed by atoms with Crippen molar-refractivity contribution in [2.75, 3.05) is 12.9 Å². The van der Waals surface area contributed by atoms with Gasteiger partial charge in [-0.2, -0.15) is 5.10 Å². The predicted molar refractivity (Wildman–Crippen MR) is 109 cm³/mol. The summed E-state index contributed by atoms with van der Waals surface area (Å²) in [5.41, 5.74) is 4.45. The Morgan fingerprint density at radius 1 is 1.22 bits per heavy atom. The van der Waals surface area contributed by atoms with Gasteiger partial charge in [0.2, 0.25) is 5.91 Å². The molecule has 1 amide bonds. The Morgan fingerprint density at radius 3 is 2.81 bits per heavy atom. The van der Waals surface area contributed by atoms with Crippen molar-refractivity contribution >= 4 is 29.1 Å². The lowest BCUT2D eigenvalue weighted by molar-refractivity contribution is -0.116. The Labute approximate surface area is 162 Å². The normalized spacial score (nSPS) is 15.4. The van der Waals surface area contributed by atoms with Crippen LogP contribution in [0, 0.1) is 13.8 Å². The maximum absolute atomic E-state index is 11.1. The highest BCUT2D eigenvalue weighted by molar-refractivity contribution is 8.15. The third kappa shape index (κ3) is 4.89. The molecule has 0 radical (unpaired) electrons. The number of carbonyl (C=O) groups excluding carboxylic acids is 1. The van der Waals surface area contributed by atoms with E-state index in [0.717, 1.165) is 11.1 Å². The highest BCUT2D eigenvalue weighted by Gasteiger charge is 2.16. The van der Waals surface area contributed by atoms with Crippen molar-refractivity contribution in [1.29, 1.82) is 0 Å². The number of amidine groups is 1. The van der Waals surface area contributed by atoms with Gasteiger partial charge in [0.05, 0.1) is 19.1 Å². The van der Waals surface area contributed by atoms with E-state index in [2.05, 4.69) is 41.5 Å². The molecule has 1 aliphatic rings. The molecule has 0 unspecified atom stereocenters. The molecule has 0 saturated carbocycles. The number of aryl methyl sites for hydroxylation is 1. The second-order valence-electron chi connectivity index (χ2n) is 6.04. The van der Waals surface area contributed by atoms with Crippen molar-refractivity contribution < 1.29 is 14.3 Å². The summed E-state index contributed by atoms with van der Waals surface area (Å²) in [5, 5.41) is 11.1. The summed E-state index contributed by atoms with van der Waals surface area (Å²) in [4.78, 5) is 11.1. The molecular weight excluding hydrogens is 362 g/mol. The first-order chi connectivity index (χ1) is 13.1. The van der Waals surface area contributed by atoms with Crippen molar-refractivity contribution in [3.63, 3.8) is 0 Å². The van der Waals surface area contributed by atoms with E-state index < -0.39 is 0 Å². The summed E-state index contributed by atoms with van der Waals surface area (Å²) in [5.74, 6) is 1.62. The molecule has 1 saturated heterocycles. The van der Waals surface area contributed by atoms with Gasteiger partial charge in [0.1, 0.15) is 6.61 Å². The first kappa shape index (κ1) is 19.0. The van der Waals surface area contributed by atoms with Crippen LogP contribution in [0.15, 0.2) is 46.6 Å². The number of amides is 1. The molecule has 0 atom stereocenters. The van der Waals surface area contributed by atoms with Gasteiger partial charge in [-0.1, -0.05) is 30.0 Å². The van der Waals surface area contributed by atoms with Gasteiger partial charge in [0, 0.05) is 0 Å². The van der Waals surface area contributed by atoms with Crippen LogP contribution in [0.4, 0.5) is 0 Å². The van der Waals surface area contributed by atoms with Crippen LogP contribution in [0.3, 0.4) is 0 Å². The average molecular weight is 383 g/mol. The number of thioether (sulfide) groups is 1. The zero-order chi connectivity index (χ0) is 19.2. The van der Waals surface area contributed by atoms with E-state index in [1.807, 2.05) is 24.3 Å². The van der Waals surface area contributed by atoms with Crippen molar-refractivity contribution in [3.8, 4) is 11.5 Å². The maximum atomic E-state index is 11.1. The van der Waals surface area contributed by atoms with E-state index in [9.17, 15) is 4.79 Å². The number of methoxy groups -OCH3 is 1. The van der Waals surface area contributed by atoms with Gasteiger partial charge in [-0.25, -0.2) is 0 Å². The fourth-order valence-electron chi connectivity index (χ4n) is 2.53. The highest BCUT2D eigenvalue weighted by Crippen LogP contribution is 2.29. The maximum Gasteiger partial charge on any atom is 0.236 e. The van der Waals surface area contributed by atoms with Crippen molar-refractivity contribution in [1.82, 2.24) is 5.32 Å². The number of nitrogens with one attached hydrogen (secondary N) is 1. The second kappa shape index (κ2) is 8.73. The Balaban J connectivity index is 1.68. The van der Waals surface area contributed by atoms with E-state index in [4.69, 9.17) is 9.47 Å². The highest BCUT2D eigenvalue weighted by atomic mass is 32.2. The summed E-state index contributed by atoms with van der Waals surface area (Å²) < 4.78 is 11.4. The summed E-state index contributed by atoms with van der Waals surface area (Å²) in [7, 11) is 1.60. The molecule has 1 fully saturated rings. The quantitative estimate of drug-likeness (QED) is 0.613. The van der Waals surface area contributed by atoms with Gasteiger partial charge in [0.15, 0.2) is 16.7 Å². The van der Waals surface area contributed by atoms with Crippen molar-refractivity contribution in [3.05, 3.63) is 58.7 Å². The third-order valence-corrected chi connectivity index (χ3v) is 5.09. The van der Waals surface area contributed by atoms with Crippen LogP contribution < -0.4 is 14.8 Å². The molecule has 2 aromatic carbocycles. The van der Waals surface area contributed by atoms with Gasteiger partial charge in [-0.3, -0.25) is 4.79 Å². The average Bonchev–Trinajstić information content (AvgIpc) is 3.08. The van der Waals surface area contributed by atoms with Crippen LogP contribution in [0.25, 0.3) is 0 Å². The summed E-state index contributed by atoms with van der Waals surface area (Å²) in [6.07, 6.45) is 1.61. The largest absolute Gasteiger partial charge is 0.493 e. The Bertz CT molecular complexity index is 909. The molecule has 27 heavy (non-hydrogen) atoms. The summed E-state index contributed by atoms with van der Waals surface area (Å²) >= 11 is 1.33.